The van der Waals surface area contributed by atoms with E-state index in [1.165, 1.54) is 0 Å². The molecule has 1 aromatic rings. The summed E-state index contributed by atoms with van der Waals surface area (Å²) in [7, 11) is 0. The Balaban J connectivity index is 2.40. The first-order valence-electron chi connectivity index (χ1n) is 5.54. The second kappa shape index (κ2) is 6.58. The van der Waals surface area contributed by atoms with E-state index in [4.69, 9.17) is 4.74 Å². The van der Waals surface area contributed by atoms with Gasteiger partial charge in [0.2, 0.25) is 0 Å². The third-order valence-electron chi connectivity index (χ3n) is 2.24. The molecule has 0 radical (unpaired) electrons. The average molecular weight is 265 g/mol. The van der Waals surface area contributed by atoms with E-state index in [0.29, 0.717) is 12.4 Å². The Labute approximate surface area is 103 Å². The summed E-state index contributed by atoms with van der Waals surface area (Å²) in [5.41, 5.74) is 0.725. The molecule has 0 unspecified atom stereocenters. The van der Waals surface area contributed by atoms with Gasteiger partial charge in [0.15, 0.2) is 0 Å². The second-order valence-corrected chi connectivity index (χ2v) is 3.74. The van der Waals surface area contributed by atoms with Crippen LogP contribution < -0.4 is 10.1 Å². The molecule has 1 rings (SSSR count). The number of halogens is 4. The maximum Gasteiger partial charge on any atom is 0.319 e. The lowest BCUT2D eigenvalue weighted by molar-refractivity contribution is -0.125. The Hall–Kier alpha value is -1.30. The quantitative estimate of drug-likeness (QED) is 0.765. The zero-order valence-corrected chi connectivity index (χ0v) is 9.93. The molecule has 1 N–H and O–H groups in total. The van der Waals surface area contributed by atoms with Gasteiger partial charge < -0.3 is 10.1 Å². The van der Waals surface area contributed by atoms with Crippen LogP contribution in [0.15, 0.2) is 24.3 Å². The Bertz CT molecular complexity index is 354. The first-order chi connectivity index (χ1) is 8.45. The molecular formula is C12H15F4NO. The molecule has 1 aromatic carbocycles. The number of rotatable bonds is 7. The molecule has 0 saturated carbocycles. The van der Waals surface area contributed by atoms with Gasteiger partial charge >= 0.3 is 12.3 Å². The fraction of sp³-hybridized carbons (Fsp3) is 0.500. The van der Waals surface area contributed by atoms with Crippen molar-refractivity contribution < 1.29 is 22.3 Å². The number of alkyl halides is 4. The van der Waals surface area contributed by atoms with Crippen LogP contribution in [0.1, 0.15) is 12.5 Å². The molecule has 0 aromatic heterocycles. The van der Waals surface area contributed by atoms with Gasteiger partial charge in [-0.05, 0) is 24.6 Å². The molecule has 2 nitrogen and oxygen atoms in total. The first-order valence-corrected chi connectivity index (χ1v) is 5.54. The van der Waals surface area contributed by atoms with Gasteiger partial charge in [0.1, 0.15) is 5.75 Å². The molecule has 0 aliphatic heterocycles. The minimum absolute atomic E-state index is 0.106. The van der Waals surface area contributed by atoms with Crippen molar-refractivity contribution in [2.24, 2.45) is 0 Å². The highest BCUT2D eigenvalue weighted by molar-refractivity contribution is 5.27. The zero-order chi connectivity index (χ0) is 13.6. The molecule has 6 heteroatoms. The van der Waals surface area contributed by atoms with Crippen LogP contribution in [0, 0.1) is 0 Å². The molecule has 0 fully saturated rings. The van der Waals surface area contributed by atoms with Crippen molar-refractivity contribution in [1.29, 1.82) is 0 Å². The van der Waals surface area contributed by atoms with E-state index in [2.05, 4.69) is 5.32 Å². The van der Waals surface area contributed by atoms with Gasteiger partial charge in [-0.25, -0.2) is 8.78 Å². The molecule has 0 amide bonds. The highest BCUT2D eigenvalue weighted by Crippen LogP contribution is 2.21. The lowest BCUT2D eigenvalue weighted by atomic mass is 10.2. The van der Waals surface area contributed by atoms with E-state index >= 15 is 0 Å². The van der Waals surface area contributed by atoms with Crippen LogP contribution in [-0.4, -0.2) is 25.5 Å². The van der Waals surface area contributed by atoms with Crippen LogP contribution in [0.25, 0.3) is 0 Å². The van der Waals surface area contributed by atoms with Gasteiger partial charge in [-0.1, -0.05) is 12.1 Å². The zero-order valence-electron chi connectivity index (χ0n) is 9.93. The summed E-state index contributed by atoms with van der Waals surface area (Å²) >= 11 is 0. The fourth-order valence-electron chi connectivity index (χ4n) is 1.32. The van der Waals surface area contributed by atoms with E-state index in [-0.39, 0.29) is 6.54 Å². The summed E-state index contributed by atoms with van der Waals surface area (Å²) in [6, 6.07) is 6.79. The minimum Gasteiger partial charge on any atom is -0.494 e. The summed E-state index contributed by atoms with van der Waals surface area (Å²) in [6.45, 7) is 1.45. The maximum atomic E-state index is 12.6. The van der Waals surface area contributed by atoms with Crippen molar-refractivity contribution in [2.45, 2.75) is 25.8 Å². The second-order valence-electron chi connectivity index (χ2n) is 3.74. The predicted molar refractivity (Wildman–Crippen MR) is 60.3 cm³/mol. The Morgan fingerprint density at radius 1 is 1.22 bits per heavy atom. The summed E-state index contributed by atoms with van der Waals surface area (Å²) in [5, 5.41) is 2.30. The average Bonchev–Trinajstić information content (AvgIpc) is 2.31. The van der Waals surface area contributed by atoms with Crippen LogP contribution in [0.3, 0.4) is 0 Å². The van der Waals surface area contributed by atoms with E-state index in [1.54, 1.807) is 24.3 Å². The minimum atomic E-state index is -3.99. The SMILES string of the molecule is CCOc1ccc(CNCC(F)(F)C(F)F)cc1. The van der Waals surface area contributed by atoms with Crippen molar-refractivity contribution in [3.8, 4) is 5.75 Å². The van der Waals surface area contributed by atoms with E-state index < -0.39 is 18.9 Å². The molecule has 0 aliphatic rings. The highest BCUT2D eigenvalue weighted by atomic mass is 19.3. The third kappa shape index (κ3) is 4.52. The third-order valence-corrected chi connectivity index (χ3v) is 2.24. The lowest BCUT2D eigenvalue weighted by Gasteiger charge is -2.15. The maximum absolute atomic E-state index is 12.6. The van der Waals surface area contributed by atoms with Crippen LogP contribution >= 0.6 is 0 Å². The summed E-state index contributed by atoms with van der Waals surface area (Å²) < 4.78 is 54.1. The Morgan fingerprint density at radius 2 is 1.83 bits per heavy atom. The van der Waals surface area contributed by atoms with Gasteiger partial charge in [0.25, 0.3) is 0 Å². The van der Waals surface area contributed by atoms with Gasteiger partial charge in [-0.15, -0.1) is 0 Å². The molecule has 0 atom stereocenters. The normalized spacial score (nSPS) is 11.9. The smallest absolute Gasteiger partial charge is 0.319 e. The molecule has 0 heterocycles. The summed E-state index contributed by atoms with van der Waals surface area (Å²) in [5.74, 6) is -3.32. The summed E-state index contributed by atoms with van der Waals surface area (Å²) in [6.07, 6.45) is -3.65. The largest absolute Gasteiger partial charge is 0.494 e. The first kappa shape index (κ1) is 14.8. The van der Waals surface area contributed by atoms with E-state index in [0.717, 1.165) is 5.56 Å². The Kier molecular flexibility index (Phi) is 5.40. The van der Waals surface area contributed by atoms with Gasteiger partial charge in [0.05, 0.1) is 13.2 Å². The van der Waals surface area contributed by atoms with Gasteiger partial charge in [0, 0.05) is 6.54 Å². The molecular weight excluding hydrogens is 250 g/mol. The van der Waals surface area contributed by atoms with Crippen LogP contribution in [0.2, 0.25) is 0 Å². The number of hydrogen-bond donors (Lipinski definition) is 1. The topological polar surface area (TPSA) is 21.3 Å². The lowest BCUT2D eigenvalue weighted by Crippen LogP contribution is -2.38. The fourth-order valence-corrected chi connectivity index (χ4v) is 1.32. The summed E-state index contributed by atoms with van der Waals surface area (Å²) in [4.78, 5) is 0. The monoisotopic (exact) mass is 265 g/mol. The number of nitrogens with one attached hydrogen (secondary N) is 1. The molecule has 0 spiro atoms. The van der Waals surface area contributed by atoms with Crippen molar-refractivity contribution in [1.82, 2.24) is 5.32 Å². The van der Waals surface area contributed by atoms with Crippen molar-refractivity contribution in [3.05, 3.63) is 29.8 Å². The molecule has 102 valence electrons. The number of hydrogen-bond acceptors (Lipinski definition) is 2. The van der Waals surface area contributed by atoms with Gasteiger partial charge in [-0.2, -0.15) is 8.78 Å². The van der Waals surface area contributed by atoms with Crippen LogP contribution in [0.5, 0.6) is 5.75 Å². The van der Waals surface area contributed by atoms with Crippen LogP contribution in [-0.2, 0) is 6.54 Å². The van der Waals surface area contributed by atoms with Gasteiger partial charge in [-0.3, -0.25) is 0 Å². The van der Waals surface area contributed by atoms with E-state index in [9.17, 15) is 17.6 Å². The van der Waals surface area contributed by atoms with E-state index in [1.807, 2.05) is 6.92 Å². The molecule has 0 bridgehead atoms. The van der Waals surface area contributed by atoms with Crippen molar-refractivity contribution in [2.75, 3.05) is 13.2 Å². The van der Waals surface area contributed by atoms with Crippen molar-refractivity contribution >= 4 is 0 Å². The predicted octanol–water partition coefficient (Wildman–Crippen LogP) is 3.08. The molecule has 18 heavy (non-hydrogen) atoms. The molecule has 0 saturated heterocycles. The standard InChI is InChI=1S/C12H15F4NO/c1-2-18-10-5-3-9(4-6-10)7-17-8-12(15,16)11(13)14/h3-6,11,17H,2,7-8H2,1H3. The highest BCUT2D eigenvalue weighted by Gasteiger charge is 2.39. The number of ether oxygens (including phenoxy) is 1. The Morgan fingerprint density at radius 3 is 2.33 bits per heavy atom. The number of benzene rings is 1. The molecule has 0 aliphatic carbocycles. The van der Waals surface area contributed by atoms with Crippen molar-refractivity contribution in [3.63, 3.8) is 0 Å². The van der Waals surface area contributed by atoms with Crippen LogP contribution in [0.4, 0.5) is 17.6 Å².